The first kappa shape index (κ1) is 16.5. The van der Waals surface area contributed by atoms with Crippen LogP contribution in [0.1, 0.15) is 43.6 Å². The van der Waals surface area contributed by atoms with Gasteiger partial charge in [-0.2, -0.15) is 0 Å². The van der Waals surface area contributed by atoms with Gasteiger partial charge in [-0.15, -0.1) is 0 Å². The second-order valence-corrected chi connectivity index (χ2v) is 6.12. The second-order valence-electron chi connectivity index (χ2n) is 5.69. The second kappa shape index (κ2) is 6.27. The molecule has 0 aliphatic carbocycles. The summed E-state index contributed by atoms with van der Waals surface area (Å²) in [5.74, 6) is -0.811. The minimum Gasteiger partial charge on any atom is -0.458 e. The van der Waals surface area contributed by atoms with Crippen LogP contribution >= 0.6 is 11.6 Å². The highest BCUT2D eigenvalue weighted by atomic mass is 35.5. The fourth-order valence-electron chi connectivity index (χ4n) is 1.56. The van der Waals surface area contributed by atoms with E-state index in [1.807, 2.05) is 6.92 Å². The maximum atomic E-state index is 12.1. The molecule has 0 radical (unpaired) electrons. The number of carbonyl (C=O) groups excluding carboxylic acids is 2. The normalized spacial score (nSPS) is 12.7. The van der Waals surface area contributed by atoms with Crippen molar-refractivity contribution in [2.75, 3.05) is 0 Å². The summed E-state index contributed by atoms with van der Waals surface area (Å²) in [6, 6.07) is 4.33. The van der Waals surface area contributed by atoms with Crippen molar-refractivity contribution in [3.8, 4) is 0 Å². The lowest BCUT2D eigenvalue weighted by Crippen LogP contribution is -2.42. The molecule has 1 N–H and O–H groups in total. The zero-order valence-electron chi connectivity index (χ0n) is 12.4. The first-order chi connectivity index (χ1) is 9.10. The van der Waals surface area contributed by atoms with E-state index in [9.17, 15) is 9.59 Å². The quantitative estimate of drug-likeness (QED) is 0.872. The van der Waals surface area contributed by atoms with Gasteiger partial charge in [0.05, 0.1) is 0 Å². The summed E-state index contributed by atoms with van der Waals surface area (Å²) in [7, 11) is 0. The maximum absolute atomic E-state index is 12.1. The largest absolute Gasteiger partial charge is 0.458 e. The Morgan fingerprint density at radius 3 is 2.45 bits per heavy atom. The van der Waals surface area contributed by atoms with Crippen LogP contribution in [0.25, 0.3) is 0 Å². The summed E-state index contributed by atoms with van der Waals surface area (Å²) in [6.45, 7) is 8.73. The molecule has 0 aromatic heterocycles. The van der Waals surface area contributed by atoms with Crippen molar-refractivity contribution in [3.05, 3.63) is 34.3 Å². The molecule has 1 amide bonds. The summed E-state index contributed by atoms with van der Waals surface area (Å²) >= 11 is 5.88. The highest BCUT2D eigenvalue weighted by molar-refractivity contribution is 6.31. The summed E-state index contributed by atoms with van der Waals surface area (Å²) in [6.07, 6.45) is 0. The van der Waals surface area contributed by atoms with Crippen molar-refractivity contribution >= 4 is 23.5 Å². The lowest BCUT2D eigenvalue weighted by atomic mass is 10.1. The number of hydrogen-bond acceptors (Lipinski definition) is 3. The Morgan fingerprint density at radius 2 is 1.90 bits per heavy atom. The van der Waals surface area contributed by atoms with E-state index in [4.69, 9.17) is 16.3 Å². The number of nitrogens with one attached hydrogen (secondary N) is 1. The highest BCUT2D eigenvalue weighted by Gasteiger charge is 2.23. The average Bonchev–Trinajstić information content (AvgIpc) is 2.29. The Bertz CT molecular complexity index is 520. The predicted octanol–water partition coefficient (Wildman–Crippen LogP) is 3.11. The van der Waals surface area contributed by atoms with Crippen molar-refractivity contribution in [2.24, 2.45) is 0 Å². The van der Waals surface area contributed by atoms with Crippen LogP contribution in [0.3, 0.4) is 0 Å². The zero-order valence-corrected chi connectivity index (χ0v) is 13.2. The van der Waals surface area contributed by atoms with Gasteiger partial charge in [-0.3, -0.25) is 4.79 Å². The zero-order chi connectivity index (χ0) is 15.5. The third-order valence-corrected chi connectivity index (χ3v) is 2.79. The molecule has 20 heavy (non-hydrogen) atoms. The molecule has 110 valence electrons. The number of amides is 1. The van der Waals surface area contributed by atoms with Gasteiger partial charge in [-0.05, 0) is 52.3 Å². The molecule has 0 saturated carbocycles. The monoisotopic (exact) mass is 297 g/mol. The smallest absolute Gasteiger partial charge is 0.328 e. The SMILES string of the molecule is Cc1ccc(Cl)cc1C(=O)N[C@@H](C)C(=O)OC(C)(C)C. The molecule has 5 heteroatoms. The molecular weight excluding hydrogens is 278 g/mol. The number of esters is 1. The first-order valence-corrected chi connectivity index (χ1v) is 6.78. The Kier molecular flexibility index (Phi) is 5.17. The van der Waals surface area contributed by atoms with E-state index in [1.54, 1.807) is 45.9 Å². The molecule has 0 aliphatic rings. The van der Waals surface area contributed by atoms with Gasteiger partial charge in [0.25, 0.3) is 5.91 Å². The number of benzene rings is 1. The van der Waals surface area contributed by atoms with Gasteiger partial charge in [-0.1, -0.05) is 17.7 Å². The number of halogens is 1. The number of aryl methyl sites for hydroxylation is 1. The van der Waals surface area contributed by atoms with Crippen molar-refractivity contribution in [2.45, 2.75) is 46.3 Å². The summed E-state index contributed by atoms with van der Waals surface area (Å²) in [4.78, 5) is 23.9. The maximum Gasteiger partial charge on any atom is 0.328 e. The van der Waals surface area contributed by atoms with Crippen molar-refractivity contribution in [1.29, 1.82) is 0 Å². The summed E-state index contributed by atoms with van der Waals surface area (Å²) in [5, 5.41) is 3.09. The Labute approximate surface area is 124 Å². The van der Waals surface area contributed by atoms with Crippen LogP contribution in [-0.4, -0.2) is 23.5 Å². The summed E-state index contributed by atoms with van der Waals surface area (Å²) < 4.78 is 5.21. The van der Waals surface area contributed by atoms with Crippen molar-refractivity contribution < 1.29 is 14.3 Å². The lowest BCUT2D eigenvalue weighted by molar-refractivity contribution is -0.156. The molecule has 0 unspecified atom stereocenters. The van der Waals surface area contributed by atoms with Crippen LogP contribution in [0.5, 0.6) is 0 Å². The highest BCUT2D eigenvalue weighted by Crippen LogP contribution is 2.15. The molecule has 4 nitrogen and oxygen atoms in total. The molecule has 1 atom stereocenters. The number of hydrogen-bond donors (Lipinski definition) is 1. The van der Waals surface area contributed by atoms with Gasteiger partial charge in [0.1, 0.15) is 11.6 Å². The Balaban J connectivity index is 2.75. The van der Waals surface area contributed by atoms with Gasteiger partial charge in [0.15, 0.2) is 0 Å². The van der Waals surface area contributed by atoms with Crippen molar-refractivity contribution in [1.82, 2.24) is 5.32 Å². The van der Waals surface area contributed by atoms with Crippen LogP contribution in [0.15, 0.2) is 18.2 Å². The number of ether oxygens (including phenoxy) is 1. The van der Waals surface area contributed by atoms with Crippen LogP contribution < -0.4 is 5.32 Å². The van der Waals surface area contributed by atoms with Crippen LogP contribution in [-0.2, 0) is 9.53 Å². The molecule has 0 bridgehead atoms. The van der Waals surface area contributed by atoms with Gasteiger partial charge >= 0.3 is 5.97 Å². The van der Waals surface area contributed by atoms with Crippen LogP contribution in [0.2, 0.25) is 5.02 Å². The van der Waals surface area contributed by atoms with Gasteiger partial charge < -0.3 is 10.1 Å². The molecular formula is C15H20ClNO3. The summed E-state index contributed by atoms with van der Waals surface area (Å²) in [5.41, 5.74) is 0.665. The van der Waals surface area contributed by atoms with Crippen molar-refractivity contribution in [3.63, 3.8) is 0 Å². The van der Waals surface area contributed by atoms with Gasteiger partial charge in [-0.25, -0.2) is 4.79 Å². The Morgan fingerprint density at radius 1 is 1.30 bits per heavy atom. The van der Waals surface area contributed by atoms with E-state index in [0.717, 1.165) is 5.56 Å². The first-order valence-electron chi connectivity index (χ1n) is 6.40. The van der Waals surface area contributed by atoms with E-state index in [-0.39, 0.29) is 5.91 Å². The van der Waals surface area contributed by atoms with E-state index in [2.05, 4.69) is 5.32 Å². The van der Waals surface area contributed by atoms with E-state index >= 15 is 0 Å². The molecule has 0 aliphatic heterocycles. The number of carbonyl (C=O) groups is 2. The molecule has 0 heterocycles. The molecule has 1 rings (SSSR count). The van der Waals surface area contributed by atoms with E-state index < -0.39 is 17.6 Å². The molecule has 0 spiro atoms. The minimum absolute atomic E-state index is 0.344. The average molecular weight is 298 g/mol. The third-order valence-electron chi connectivity index (χ3n) is 2.55. The Hall–Kier alpha value is -1.55. The predicted molar refractivity (Wildman–Crippen MR) is 79.0 cm³/mol. The molecule has 1 aromatic carbocycles. The topological polar surface area (TPSA) is 55.4 Å². The standard InChI is InChI=1S/C15H20ClNO3/c1-9-6-7-11(16)8-12(9)13(18)17-10(2)14(19)20-15(3,4)5/h6-8,10H,1-5H3,(H,17,18)/t10-/m0/s1. The van der Waals surface area contributed by atoms with E-state index in [0.29, 0.717) is 10.6 Å². The molecule has 1 aromatic rings. The lowest BCUT2D eigenvalue weighted by Gasteiger charge is -2.22. The third kappa shape index (κ3) is 4.85. The van der Waals surface area contributed by atoms with Gasteiger partial charge in [0, 0.05) is 10.6 Å². The number of rotatable bonds is 3. The van der Waals surface area contributed by atoms with E-state index in [1.165, 1.54) is 0 Å². The van der Waals surface area contributed by atoms with Crippen LogP contribution in [0.4, 0.5) is 0 Å². The van der Waals surface area contributed by atoms with Crippen LogP contribution in [0, 0.1) is 6.92 Å². The molecule has 0 saturated heterocycles. The minimum atomic E-state index is -0.722. The fraction of sp³-hybridized carbons (Fsp3) is 0.467. The molecule has 0 fully saturated rings. The fourth-order valence-corrected chi connectivity index (χ4v) is 1.73. The van der Waals surface area contributed by atoms with Gasteiger partial charge in [0.2, 0.25) is 0 Å².